The van der Waals surface area contributed by atoms with E-state index in [2.05, 4.69) is 17.0 Å². The minimum Gasteiger partial charge on any atom is -0.454 e. The van der Waals surface area contributed by atoms with E-state index in [9.17, 15) is 0 Å². The predicted molar refractivity (Wildman–Crippen MR) is 76.4 cm³/mol. The maximum atomic E-state index is 5.63. The number of nitrogens with zero attached hydrogens (tertiary/aromatic N) is 1. The number of benzene rings is 1. The molecule has 1 saturated carbocycles. The first-order valence-corrected chi connectivity index (χ1v) is 8.04. The summed E-state index contributed by atoms with van der Waals surface area (Å²) in [5.41, 5.74) is 3.55. The summed E-state index contributed by atoms with van der Waals surface area (Å²) in [5.74, 6) is 2.65. The molecule has 106 valence electrons. The lowest BCUT2D eigenvalue weighted by molar-refractivity contribution is 0.132. The Bertz CT molecular complexity index is 566. The van der Waals surface area contributed by atoms with Crippen molar-refractivity contribution in [3.05, 3.63) is 23.3 Å². The van der Waals surface area contributed by atoms with Gasteiger partial charge in [-0.15, -0.1) is 0 Å². The van der Waals surface area contributed by atoms with Crippen LogP contribution in [0.4, 0.5) is 0 Å². The molecule has 0 amide bonds. The Labute approximate surface area is 119 Å². The highest BCUT2D eigenvalue weighted by atomic mass is 16.7. The van der Waals surface area contributed by atoms with Crippen molar-refractivity contribution in [2.24, 2.45) is 0 Å². The van der Waals surface area contributed by atoms with Crippen LogP contribution < -0.4 is 9.47 Å². The van der Waals surface area contributed by atoms with E-state index in [1.807, 2.05) is 0 Å². The molecule has 0 bridgehead atoms. The molecule has 1 aromatic rings. The summed E-state index contributed by atoms with van der Waals surface area (Å²) in [7, 11) is 0. The van der Waals surface area contributed by atoms with Gasteiger partial charge in [0.25, 0.3) is 0 Å². The Balaban J connectivity index is 1.68. The second-order valence-corrected chi connectivity index (χ2v) is 6.79. The zero-order valence-corrected chi connectivity index (χ0v) is 11.9. The first kappa shape index (κ1) is 11.4. The molecule has 3 aliphatic heterocycles. The van der Waals surface area contributed by atoms with Crippen molar-refractivity contribution in [2.45, 2.75) is 50.0 Å². The molecule has 0 N–H and O–H groups in total. The van der Waals surface area contributed by atoms with E-state index in [1.165, 1.54) is 57.2 Å². The number of hydrogen-bond acceptors (Lipinski definition) is 3. The van der Waals surface area contributed by atoms with Crippen molar-refractivity contribution in [1.29, 1.82) is 0 Å². The molecular weight excluding hydrogens is 250 g/mol. The molecule has 1 saturated heterocycles. The summed E-state index contributed by atoms with van der Waals surface area (Å²) in [6.07, 6.45) is 8.08. The van der Waals surface area contributed by atoms with Crippen LogP contribution in [-0.4, -0.2) is 30.3 Å². The van der Waals surface area contributed by atoms with E-state index in [0.29, 0.717) is 12.3 Å². The zero-order chi connectivity index (χ0) is 13.2. The minimum absolute atomic E-state index is 0.389. The molecule has 2 atom stereocenters. The largest absolute Gasteiger partial charge is 0.454 e. The normalized spacial score (nSPS) is 34.5. The number of ether oxygens (including phenoxy) is 2. The first-order chi connectivity index (χ1) is 9.87. The molecule has 3 nitrogen and oxygen atoms in total. The SMILES string of the molecule is c1c2c(cc3c1OCO3)C1CCC[C@@]13CCCN3CC2. The first-order valence-electron chi connectivity index (χ1n) is 8.04. The predicted octanol–water partition coefficient (Wildman–Crippen LogP) is 3.07. The van der Waals surface area contributed by atoms with Gasteiger partial charge >= 0.3 is 0 Å². The van der Waals surface area contributed by atoms with Crippen LogP contribution in [0.5, 0.6) is 11.5 Å². The van der Waals surface area contributed by atoms with Crippen LogP contribution >= 0.6 is 0 Å². The van der Waals surface area contributed by atoms with Crippen molar-refractivity contribution in [3.63, 3.8) is 0 Å². The van der Waals surface area contributed by atoms with E-state index in [4.69, 9.17) is 9.47 Å². The fourth-order valence-corrected chi connectivity index (χ4v) is 5.27. The lowest BCUT2D eigenvalue weighted by Crippen LogP contribution is -2.45. The fourth-order valence-electron chi connectivity index (χ4n) is 5.27. The average Bonchev–Trinajstić information content (AvgIpc) is 3.16. The maximum absolute atomic E-state index is 5.63. The van der Waals surface area contributed by atoms with Gasteiger partial charge in [-0.3, -0.25) is 4.90 Å². The topological polar surface area (TPSA) is 21.7 Å². The smallest absolute Gasteiger partial charge is 0.231 e. The summed E-state index contributed by atoms with van der Waals surface area (Å²) in [6.45, 7) is 2.92. The molecule has 0 radical (unpaired) electrons. The summed E-state index contributed by atoms with van der Waals surface area (Å²) in [4.78, 5) is 2.80. The van der Waals surface area contributed by atoms with Crippen molar-refractivity contribution < 1.29 is 9.47 Å². The van der Waals surface area contributed by atoms with Crippen LogP contribution in [0, 0.1) is 0 Å². The van der Waals surface area contributed by atoms with Gasteiger partial charge in [0.15, 0.2) is 11.5 Å². The van der Waals surface area contributed by atoms with E-state index >= 15 is 0 Å². The van der Waals surface area contributed by atoms with Gasteiger partial charge < -0.3 is 9.47 Å². The summed E-state index contributed by atoms with van der Waals surface area (Å²) < 4.78 is 11.2. The van der Waals surface area contributed by atoms with Gasteiger partial charge in [-0.2, -0.15) is 0 Å². The highest BCUT2D eigenvalue weighted by Crippen LogP contribution is 2.55. The van der Waals surface area contributed by atoms with E-state index in [1.54, 1.807) is 5.56 Å². The Hall–Kier alpha value is -1.22. The van der Waals surface area contributed by atoms with Gasteiger partial charge in [0.2, 0.25) is 6.79 Å². The zero-order valence-electron chi connectivity index (χ0n) is 11.9. The summed E-state index contributed by atoms with van der Waals surface area (Å²) in [6, 6.07) is 4.56. The molecule has 4 aliphatic rings. The third kappa shape index (κ3) is 1.34. The summed E-state index contributed by atoms with van der Waals surface area (Å²) >= 11 is 0. The molecule has 3 heterocycles. The lowest BCUT2D eigenvalue weighted by Gasteiger charge is -2.39. The molecule has 5 rings (SSSR count). The number of hydrogen-bond donors (Lipinski definition) is 0. The van der Waals surface area contributed by atoms with Gasteiger partial charge in [0.1, 0.15) is 0 Å². The van der Waals surface area contributed by atoms with Gasteiger partial charge in [0, 0.05) is 18.0 Å². The Morgan fingerprint density at radius 2 is 1.90 bits per heavy atom. The quantitative estimate of drug-likeness (QED) is 0.724. The van der Waals surface area contributed by atoms with Crippen LogP contribution in [0.1, 0.15) is 49.1 Å². The van der Waals surface area contributed by atoms with Crippen LogP contribution in [0.3, 0.4) is 0 Å². The molecule has 1 unspecified atom stereocenters. The summed E-state index contributed by atoms with van der Waals surface area (Å²) in [5, 5.41) is 0. The third-order valence-corrected chi connectivity index (χ3v) is 6.08. The van der Waals surface area contributed by atoms with Gasteiger partial charge in [0.05, 0.1) is 0 Å². The van der Waals surface area contributed by atoms with Crippen LogP contribution in [0.15, 0.2) is 12.1 Å². The standard InChI is InChI=1S/C17H21NO2/c1-3-14-13-10-16-15(19-11-20-16)9-12(13)4-8-18-7-2-6-17(14,18)5-1/h9-10,14H,1-8,11H2/t14?,17-/m1/s1. The second-order valence-electron chi connectivity index (χ2n) is 6.79. The van der Waals surface area contributed by atoms with Crippen molar-refractivity contribution in [1.82, 2.24) is 4.90 Å². The van der Waals surface area contributed by atoms with Crippen molar-refractivity contribution in [3.8, 4) is 11.5 Å². The van der Waals surface area contributed by atoms with E-state index < -0.39 is 0 Å². The third-order valence-electron chi connectivity index (χ3n) is 6.08. The Morgan fingerprint density at radius 3 is 2.85 bits per heavy atom. The van der Waals surface area contributed by atoms with Gasteiger partial charge in [-0.05, 0) is 61.9 Å². The molecule has 2 fully saturated rings. The average molecular weight is 271 g/mol. The molecule has 0 aromatic heterocycles. The highest BCUT2D eigenvalue weighted by molar-refractivity contribution is 5.51. The van der Waals surface area contributed by atoms with E-state index in [-0.39, 0.29) is 0 Å². The van der Waals surface area contributed by atoms with E-state index in [0.717, 1.165) is 17.4 Å². The molecular formula is C17H21NO2. The second kappa shape index (κ2) is 3.91. The maximum Gasteiger partial charge on any atom is 0.231 e. The van der Waals surface area contributed by atoms with Crippen LogP contribution in [0.25, 0.3) is 0 Å². The fraction of sp³-hybridized carbons (Fsp3) is 0.647. The van der Waals surface area contributed by atoms with Crippen molar-refractivity contribution in [2.75, 3.05) is 19.9 Å². The van der Waals surface area contributed by atoms with Gasteiger partial charge in [-0.25, -0.2) is 0 Å². The molecule has 1 aliphatic carbocycles. The monoisotopic (exact) mass is 271 g/mol. The Kier molecular flexibility index (Phi) is 2.24. The Morgan fingerprint density at radius 1 is 1.05 bits per heavy atom. The molecule has 3 heteroatoms. The lowest BCUT2D eigenvalue weighted by atomic mass is 9.79. The molecule has 1 spiro atoms. The molecule has 1 aromatic carbocycles. The molecule has 20 heavy (non-hydrogen) atoms. The minimum atomic E-state index is 0.389. The number of rotatable bonds is 0. The van der Waals surface area contributed by atoms with Crippen LogP contribution in [0.2, 0.25) is 0 Å². The number of fused-ring (bicyclic) bond motifs is 3. The van der Waals surface area contributed by atoms with Crippen molar-refractivity contribution >= 4 is 0 Å². The van der Waals surface area contributed by atoms with Gasteiger partial charge in [-0.1, -0.05) is 6.42 Å². The van der Waals surface area contributed by atoms with Crippen LogP contribution in [-0.2, 0) is 6.42 Å². The highest BCUT2D eigenvalue weighted by Gasteiger charge is 2.51.